The lowest BCUT2D eigenvalue weighted by molar-refractivity contribution is -0.143. The molecule has 0 saturated heterocycles. The normalized spacial score (nSPS) is 15.4. The molecular weight excluding hydrogens is 407 g/mol. The Kier molecular flexibility index (Phi) is 6.58. The van der Waals surface area contributed by atoms with Crippen molar-refractivity contribution in [2.45, 2.75) is 58.5 Å². The van der Waals surface area contributed by atoms with Gasteiger partial charge in [-0.15, -0.1) is 0 Å². The molecule has 0 saturated carbocycles. The van der Waals surface area contributed by atoms with Gasteiger partial charge in [-0.2, -0.15) is 0 Å². The third-order valence-corrected chi connectivity index (χ3v) is 6.15. The van der Waals surface area contributed by atoms with E-state index < -0.39 is 0 Å². The first-order chi connectivity index (χ1) is 15.4. The number of aryl methyl sites for hydroxylation is 2. The first-order valence-corrected chi connectivity index (χ1v) is 11.2. The highest BCUT2D eigenvalue weighted by Crippen LogP contribution is 2.33. The molecule has 1 amide bonds. The number of esters is 1. The van der Waals surface area contributed by atoms with Crippen LogP contribution in [0.15, 0.2) is 42.5 Å². The van der Waals surface area contributed by atoms with Crippen molar-refractivity contribution >= 4 is 22.8 Å². The minimum absolute atomic E-state index is 0.00192. The van der Waals surface area contributed by atoms with E-state index in [1.54, 1.807) is 13.0 Å². The second-order valence-electron chi connectivity index (χ2n) is 8.47. The highest BCUT2D eigenvalue weighted by molar-refractivity contribution is 5.87. The molecule has 1 aromatic heterocycles. The summed E-state index contributed by atoms with van der Waals surface area (Å²) in [6.07, 6.45) is 3.26. The average molecular weight is 437 g/mol. The number of halogens is 1. The van der Waals surface area contributed by atoms with Gasteiger partial charge in [-0.3, -0.25) is 9.59 Å². The second-order valence-corrected chi connectivity index (χ2v) is 8.47. The van der Waals surface area contributed by atoms with E-state index in [9.17, 15) is 14.0 Å². The van der Waals surface area contributed by atoms with Gasteiger partial charge in [0.2, 0.25) is 5.91 Å². The molecule has 1 N–H and O–H groups in total. The smallest absolute Gasteiger partial charge is 0.325 e. The molecule has 5 nitrogen and oxygen atoms in total. The molecule has 4 rings (SSSR count). The van der Waals surface area contributed by atoms with E-state index in [0.29, 0.717) is 32.3 Å². The Morgan fingerprint density at radius 3 is 2.72 bits per heavy atom. The molecule has 0 radical (unpaired) electrons. The highest BCUT2D eigenvalue weighted by Gasteiger charge is 2.27. The molecule has 1 atom stereocenters. The fourth-order valence-corrected chi connectivity index (χ4v) is 4.57. The minimum Gasteiger partial charge on any atom is -0.465 e. The minimum atomic E-state index is -0.308. The summed E-state index contributed by atoms with van der Waals surface area (Å²) in [5.74, 6) is -0.582. The van der Waals surface area contributed by atoms with Crippen LogP contribution >= 0.6 is 0 Å². The lowest BCUT2D eigenvalue weighted by Gasteiger charge is -2.25. The molecule has 1 heterocycles. The molecule has 0 spiro atoms. The Morgan fingerprint density at radius 2 is 1.97 bits per heavy atom. The number of benzene rings is 2. The number of aromatic nitrogens is 1. The van der Waals surface area contributed by atoms with Crippen LogP contribution in [0.3, 0.4) is 0 Å². The van der Waals surface area contributed by atoms with Crippen molar-refractivity contribution in [2.24, 2.45) is 0 Å². The van der Waals surface area contributed by atoms with Crippen molar-refractivity contribution in [3.05, 3.63) is 70.7 Å². The molecule has 0 aliphatic heterocycles. The van der Waals surface area contributed by atoms with Crippen LogP contribution in [-0.4, -0.2) is 29.1 Å². The zero-order valence-electron chi connectivity index (χ0n) is 18.6. The first kappa shape index (κ1) is 22.1. The van der Waals surface area contributed by atoms with Gasteiger partial charge in [-0.05, 0) is 68.9 Å². The van der Waals surface area contributed by atoms with Crippen molar-refractivity contribution in [3.63, 3.8) is 0 Å². The molecule has 32 heavy (non-hydrogen) atoms. The van der Waals surface area contributed by atoms with Crippen LogP contribution in [0.25, 0.3) is 10.9 Å². The van der Waals surface area contributed by atoms with Crippen LogP contribution in [0.1, 0.15) is 42.1 Å². The van der Waals surface area contributed by atoms with E-state index in [2.05, 4.69) is 29.6 Å². The molecule has 3 aromatic rings. The van der Waals surface area contributed by atoms with Crippen LogP contribution in [0.5, 0.6) is 0 Å². The summed E-state index contributed by atoms with van der Waals surface area (Å²) in [4.78, 5) is 24.7. The van der Waals surface area contributed by atoms with Crippen LogP contribution in [-0.2, 0) is 40.1 Å². The van der Waals surface area contributed by atoms with Gasteiger partial charge in [0.1, 0.15) is 12.4 Å². The summed E-state index contributed by atoms with van der Waals surface area (Å²) in [6, 6.07) is 12.9. The number of carbonyl (C=O) groups is 2. The number of hydrogen-bond donors (Lipinski definition) is 1. The highest BCUT2D eigenvalue weighted by atomic mass is 19.1. The maximum absolute atomic E-state index is 14.0. The Balaban J connectivity index is 1.48. The number of nitrogens with zero attached hydrogens (tertiary/aromatic N) is 1. The average Bonchev–Trinajstić information content (AvgIpc) is 3.06. The fourth-order valence-electron chi connectivity index (χ4n) is 4.57. The molecule has 6 heteroatoms. The number of ether oxygens (including phenoxy) is 1. The van der Waals surface area contributed by atoms with Crippen molar-refractivity contribution in [1.29, 1.82) is 0 Å². The van der Waals surface area contributed by atoms with Crippen LogP contribution in [0.4, 0.5) is 4.39 Å². The molecule has 0 unspecified atom stereocenters. The predicted molar refractivity (Wildman–Crippen MR) is 122 cm³/mol. The lowest BCUT2D eigenvalue weighted by atomic mass is 9.91. The molecule has 0 bridgehead atoms. The monoisotopic (exact) mass is 436 g/mol. The zero-order valence-corrected chi connectivity index (χ0v) is 18.6. The topological polar surface area (TPSA) is 60.3 Å². The van der Waals surface area contributed by atoms with E-state index in [0.717, 1.165) is 34.1 Å². The van der Waals surface area contributed by atoms with Gasteiger partial charge in [0.05, 0.1) is 6.61 Å². The van der Waals surface area contributed by atoms with E-state index in [1.165, 1.54) is 17.7 Å². The Bertz CT molecular complexity index is 1130. The van der Waals surface area contributed by atoms with Gasteiger partial charge >= 0.3 is 5.97 Å². The van der Waals surface area contributed by atoms with E-state index in [-0.39, 0.29) is 30.3 Å². The number of nitrogens with one attached hydrogen (secondary N) is 1. The van der Waals surface area contributed by atoms with Crippen LogP contribution in [0, 0.1) is 12.7 Å². The summed E-state index contributed by atoms with van der Waals surface area (Å²) < 4.78 is 21.1. The van der Waals surface area contributed by atoms with Gasteiger partial charge in [0, 0.05) is 29.1 Å². The third kappa shape index (κ3) is 4.85. The van der Waals surface area contributed by atoms with Gasteiger partial charge in [0.25, 0.3) is 0 Å². The van der Waals surface area contributed by atoms with Crippen molar-refractivity contribution in [1.82, 2.24) is 9.88 Å². The SMILES string of the molecule is CCOC(=O)Cn1c2c(c3cc(F)ccc31)C[C@@H](NC(=O)CCc1ccc(C)cc1)CC2. The molecule has 168 valence electrons. The molecule has 1 aliphatic rings. The van der Waals surface area contributed by atoms with Gasteiger partial charge in [-0.1, -0.05) is 29.8 Å². The first-order valence-electron chi connectivity index (χ1n) is 11.2. The Hall–Kier alpha value is -3.15. The summed E-state index contributed by atoms with van der Waals surface area (Å²) >= 11 is 0. The van der Waals surface area contributed by atoms with E-state index in [1.807, 2.05) is 11.5 Å². The van der Waals surface area contributed by atoms with Crippen molar-refractivity contribution < 1.29 is 18.7 Å². The number of carbonyl (C=O) groups excluding carboxylic acids is 2. The molecule has 0 fully saturated rings. The standard InChI is InChI=1S/C26H29FN2O3/c1-3-32-26(31)16-29-23-11-9-19(27)14-21(23)22-15-20(10-12-24(22)29)28-25(30)13-8-18-6-4-17(2)5-7-18/h4-7,9,11,14,20H,3,8,10,12-13,15-16H2,1-2H3,(H,28,30)/t20-/m0/s1. The van der Waals surface area contributed by atoms with Gasteiger partial charge in [0.15, 0.2) is 0 Å². The molecule has 2 aromatic carbocycles. The van der Waals surface area contributed by atoms with E-state index >= 15 is 0 Å². The number of fused-ring (bicyclic) bond motifs is 3. The maximum Gasteiger partial charge on any atom is 0.325 e. The van der Waals surface area contributed by atoms with Gasteiger partial charge < -0.3 is 14.6 Å². The fraction of sp³-hybridized carbons (Fsp3) is 0.385. The summed E-state index contributed by atoms with van der Waals surface area (Å²) in [5, 5.41) is 3.97. The number of hydrogen-bond acceptors (Lipinski definition) is 3. The summed E-state index contributed by atoms with van der Waals surface area (Å²) in [6.45, 7) is 4.26. The largest absolute Gasteiger partial charge is 0.465 e. The van der Waals surface area contributed by atoms with Crippen molar-refractivity contribution in [2.75, 3.05) is 6.61 Å². The van der Waals surface area contributed by atoms with E-state index in [4.69, 9.17) is 4.74 Å². The Morgan fingerprint density at radius 1 is 1.19 bits per heavy atom. The lowest BCUT2D eigenvalue weighted by Crippen LogP contribution is -2.39. The molecular formula is C26H29FN2O3. The van der Waals surface area contributed by atoms with Crippen LogP contribution in [0.2, 0.25) is 0 Å². The van der Waals surface area contributed by atoms with Crippen LogP contribution < -0.4 is 5.32 Å². The Labute approximate surface area is 187 Å². The predicted octanol–water partition coefficient (Wildman–Crippen LogP) is 4.26. The quantitative estimate of drug-likeness (QED) is 0.563. The van der Waals surface area contributed by atoms with Crippen molar-refractivity contribution in [3.8, 4) is 0 Å². The second kappa shape index (κ2) is 9.55. The third-order valence-electron chi connectivity index (χ3n) is 6.15. The van der Waals surface area contributed by atoms with Gasteiger partial charge in [-0.25, -0.2) is 4.39 Å². The zero-order chi connectivity index (χ0) is 22.7. The molecule has 1 aliphatic carbocycles. The summed E-state index contributed by atoms with van der Waals surface area (Å²) in [5.41, 5.74) is 5.22. The maximum atomic E-state index is 14.0. The number of rotatable bonds is 7. The summed E-state index contributed by atoms with van der Waals surface area (Å²) in [7, 11) is 0. The number of amides is 1.